The van der Waals surface area contributed by atoms with Crippen LogP contribution in [0.2, 0.25) is 0 Å². The second-order valence-electron chi connectivity index (χ2n) is 1.96. The molecule has 0 aliphatic carbocycles. The van der Waals surface area contributed by atoms with E-state index >= 15 is 0 Å². The van der Waals surface area contributed by atoms with E-state index in [0.717, 1.165) is 12.8 Å². The molecule has 0 aromatic heterocycles. The molecule has 54 valence electrons. The molecule has 1 N–H and O–H groups in total. The zero-order valence-corrected chi connectivity index (χ0v) is 6.19. The number of hydrogen-bond acceptors (Lipinski definition) is 2. The van der Waals surface area contributed by atoms with Crippen LogP contribution in [0.5, 0.6) is 0 Å². The highest BCUT2D eigenvalue weighted by atomic mass is 35.5. The van der Waals surface area contributed by atoms with Crippen molar-refractivity contribution in [2.24, 2.45) is 0 Å². The van der Waals surface area contributed by atoms with Crippen molar-refractivity contribution in [1.82, 2.24) is 0 Å². The molecule has 0 bridgehead atoms. The van der Waals surface area contributed by atoms with Crippen LogP contribution in [-0.4, -0.2) is 16.5 Å². The first-order valence-electron chi connectivity index (χ1n) is 3.06. The second-order valence-corrected chi connectivity index (χ2v) is 2.33. The van der Waals surface area contributed by atoms with Gasteiger partial charge in [-0.25, -0.2) is 0 Å². The fraction of sp³-hybridized carbons (Fsp3) is 0.833. The van der Waals surface area contributed by atoms with E-state index in [9.17, 15) is 4.79 Å². The van der Waals surface area contributed by atoms with Gasteiger partial charge in [-0.15, -0.1) is 0 Å². The highest BCUT2D eigenvalue weighted by Crippen LogP contribution is 2.02. The van der Waals surface area contributed by atoms with Crippen LogP contribution in [0.15, 0.2) is 0 Å². The van der Waals surface area contributed by atoms with Gasteiger partial charge in [0.05, 0.1) is 0 Å². The van der Waals surface area contributed by atoms with Crippen molar-refractivity contribution in [2.45, 2.75) is 32.3 Å². The molecule has 1 atom stereocenters. The molecule has 1 unspecified atom stereocenters. The van der Waals surface area contributed by atoms with Crippen molar-refractivity contribution in [2.75, 3.05) is 0 Å². The molecular weight excluding hydrogens is 140 g/mol. The summed E-state index contributed by atoms with van der Waals surface area (Å²) in [5, 5.41) is 8.13. The fourth-order valence-corrected chi connectivity index (χ4v) is 0.620. The van der Waals surface area contributed by atoms with Crippen LogP contribution in [0.25, 0.3) is 0 Å². The number of carbonyl (C=O) groups is 1. The van der Waals surface area contributed by atoms with Crippen LogP contribution in [0, 0.1) is 0 Å². The van der Waals surface area contributed by atoms with Crippen LogP contribution in [-0.2, 0) is 4.79 Å². The lowest BCUT2D eigenvalue weighted by atomic mass is 10.2. The fourth-order valence-electron chi connectivity index (χ4n) is 0.511. The maximum Gasteiger partial charge on any atom is 0.250 e. The highest BCUT2D eigenvalue weighted by molar-refractivity contribution is 6.64. The third kappa shape index (κ3) is 4.43. The summed E-state index contributed by atoms with van der Waals surface area (Å²) in [6.45, 7) is 1.99. The number of carbonyl (C=O) groups excluding carboxylic acids is 1. The normalized spacial score (nSPS) is 13.2. The quantitative estimate of drug-likeness (QED) is 0.614. The number of unbranched alkanes of at least 4 members (excludes halogenated alkanes) is 1. The summed E-state index contributed by atoms with van der Waals surface area (Å²) in [5.41, 5.74) is 0. The summed E-state index contributed by atoms with van der Waals surface area (Å²) in [6, 6.07) is 0. The van der Waals surface area contributed by atoms with Gasteiger partial charge in [-0.3, -0.25) is 4.79 Å². The van der Waals surface area contributed by atoms with Crippen LogP contribution < -0.4 is 0 Å². The molecule has 0 spiro atoms. The minimum absolute atomic E-state index is 0.485. The molecule has 0 aromatic carbocycles. The Morgan fingerprint density at radius 1 is 1.78 bits per heavy atom. The van der Waals surface area contributed by atoms with Gasteiger partial charge in [-0.2, -0.15) is 0 Å². The Balaban J connectivity index is 3.27. The average Bonchev–Trinajstić information content (AvgIpc) is 1.82. The van der Waals surface area contributed by atoms with Gasteiger partial charge in [-0.1, -0.05) is 19.8 Å². The minimum atomic E-state index is -0.952. The van der Waals surface area contributed by atoms with Gasteiger partial charge in [-0.05, 0) is 18.0 Å². The summed E-state index contributed by atoms with van der Waals surface area (Å²) in [4.78, 5) is 10.2. The van der Waals surface area contributed by atoms with E-state index < -0.39 is 11.3 Å². The summed E-state index contributed by atoms with van der Waals surface area (Å²) >= 11 is 4.98. The van der Waals surface area contributed by atoms with E-state index in [1.807, 2.05) is 6.92 Å². The molecule has 0 amide bonds. The van der Waals surface area contributed by atoms with Crippen LogP contribution >= 0.6 is 11.6 Å². The first kappa shape index (κ1) is 8.92. The predicted molar refractivity (Wildman–Crippen MR) is 36.4 cm³/mol. The molecule has 0 fully saturated rings. The van der Waals surface area contributed by atoms with E-state index in [0.29, 0.717) is 6.42 Å². The average molecular weight is 151 g/mol. The molecule has 0 heterocycles. The van der Waals surface area contributed by atoms with Crippen molar-refractivity contribution in [3.05, 3.63) is 0 Å². The van der Waals surface area contributed by atoms with Crippen molar-refractivity contribution in [3.63, 3.8) is 0 Å². The number of aliphatic hydroxyl groups is 1. The van der Waals surface area contributed by atoms with E-state index in [1.54, 1.807) is 0 Å². The third-order valence-electron chi connectivity index (χ3n) is 1.09. The lowest BCUT2D eigenvalue weighted by Gasteiger charge is -2.01. The summed E-state index contributed by atoms with van der Waals surface area (Å²) < 4.78 is 0. The van der Waals surface area contributed by atoms with Crippen LogP contribution in [0.4, 0.5) is 0 Å². The van der Waals surface area contributed by atoms with Gasteiger partial charge in [0, 0.05) is 0 Å². The van der Waals surface area contributed by atoms with Crippen molar-refractivity contribution in [3.8, 4) is 0 Å². The molecule has 0 saturated heterocycles. The molecular formula is C6H11ClO2. The standard InChI is InChI=1S/C6H11ClO2/c1-2-3-4-5(8)6(7)9/h5,8H,2-4H2,1H3. The van der Waals surface area contributed by atoms with E-state index in [1.165, 1.54) is 0 Å². The second kappa shape index (κ2) is 4.77. The first-order valence-corrected chi connectivity index (χ1v) is 3.43. The molecule has 3 heteroatoms. The zero-order chi connectivity index (χ0) is 7.28. The van der Waals surface area contributed by atoms with Gasteiger partial charge in [0.1, 0.15) is 6.10 Å². The van der Waals surface area contributed by atoms with Gasteiger partial charge in [0.25, 0.3) is 0 Å². The Bertz CT molecular complexity index is 93.1. The summed E-state index contributed by atoms with van der Waals surface area (Å²) in [5.74, 6) is 0. The van der Waals surface area contributed by atoms with Crippen LogP contribution in [0.1, 0.15) is 26.2 Å². The maximum absolute atomic E-state index is 10.2. The van der Waals surface area contributed by atoms with Gasteiger partial charge < -0.3 is 5.11 Å². The molecule has 0 saturated carbocycles. The Morgan fingerprint density at radius 3 is 2.67 bits per heavy atom. The molecule has 2 nitrogen and oxygen atoms in total. The van der Waals surface area contributed by atoms with E-state index in [2.05, 4.69) is 0 Å². The zero-order valence-electron chi connectivity index (χ0n) is 5.43. The molecule has 0 aliphatic rings. The smallest absolute Gasteiger partial charge is 0.250 e. The van der Waals surface area contributed by atoms with Gasteiger partial charge in [0.15, 0.2) is 0 Å². The van der Waals surface area contributed by atoms with Crippen molar-refractivity contribution in [1.29, 1.82) is 0 Å². The van der Waals surface area contributed by atoms with Gasteiger partial charge >= 0.3 is 0 Å². The number of halogens is 1. The van der Waals surface area contributed by atoms with E-state index in [4.69, 9.17) is 16.7 Å². The third-order valence-corrected chi connectivity index (χ3v) is 1.34. The predicted octanol–water partition coefficient (Wildman–Crippen LogP) is 1.30. The molecule has 0 aliphatic heterocycles. The molecule has 0 radical (unpaired) electrons. The summed E-state index contributed by atoms with van der Waals surface area (Å²) in [7, 11) is 0. The van der Waals surface area contributed by atoms with Crippen LogP contribution in [0.3, 0.4) is 0 Å². The Kier molecular flexibility index (Phi) is 4.72. The number of rotatable bonds is 4. The van der Waals surface area contributed by atoms with Crippen molar-refractivity contribution < 1.29 is 9.90 Å². The topological polar surface area (TPSA) is 37.3 Å². The highest BCUT2D eigenvalue weighted by Gasteiger charge is 2.09. The minimum Gasteiger partial charge on any atom is -0.384 e. The molecule has 0 rings (SSSR count). The lowest BCUT2D eigenvalue weighted by molar-refractivity contribution is -0.119. The number of aliphatic hydroxyl groups excluding tert-OH is 1. The van der Waals surface area contributed by atoms with E-state index in [-0.39, 0.29) is 0 Å². The SMILES string of the molecule is CCCCC(O)C(=O)Cl. The molecule has 0 aromatic rings. The maximum atomic E-state index is 10.2. The summed E-state index contributed by atoms with van der Waals surface area (Å²) in [6.07, 6.45) is 1.35. The van der Waals surface area contributed by atoms with Crippen molar-refractivity contribution >= 4 is 16.8 Å². The Labute approximate surface area is 59.8 Å². The molecule has 9 heavy (non-hydrogen) atoms. The largest absolute Gasteiger partial charge is 0.384 e. The van der Waals surface area contributed by atoms with Gasteiger partial charge in [0.2, 0.25) is 5.24 Å². The number of hydrogen-bond donors (Lipinski definition) is 1. The Morgan fingerprint density at radius 2 is 2.33 bits per heavy atom. The first-order chi connectivity index (χ1) is 4.18. The monoisotopic (exact) mass is 150 g/mol. The lowest BCUT2D eigenvalue weighted by Crippen LogP contribution is -2.13. The Hall–Kier alpha value is -0.0800.